The topological polar surface area (TPSA) is 29.3 Å². The first-order valence-electron chi connectivity index (χ1n) is 15.5. The lowest BCUT2D eigenvalue weighted by Gasteiger charge is -2.26. The number of benzene rings is 7. The van der Waals surface area contributed by atoms with E-state index >= 15 is 0 Å². The summed E-state index contributed by atoms with van der Waals surface area (Å²) in [7, 11) is 0. The van der Waals surface area contributed by atoms with E-state index in [1.165, 1.54) is 33.0 Å². The second kappa shape index (κ2) is 10.8. The maximum atomic E-state index is 6.55. The Morgan fingerprint density at radius 1 is 0.413 bits per heavy atom. The van der Waals surface area contributed by atoms with E-state index in [-0.39, 0.29) is 0 Å². The first-order valence-corrected chi connectivity index (χ1v) is 15.5. The van der Waals surface area contributed by atoms with Crippen LogP contribution in [0.25, 0.3) is 65.7 Å². The third kappa shape index (κ3) is 4.49. The van der Waals surface area contributed by atoms with E-state index in [0.29, 0.717) is 0 Å². The van der Waals surface area contributed by atoms with Crippen LogP contribution >= 0.6 is 0 Å². The molecule has 2 aromatic heterocycles. The van der Waals surface area contributed by atoms with Gasteiger partial charge in [-0.2, -0.15) is 0 Å². The highest BCUT2D eigenvalue weighted by atomic mass is 16.3. The molecule has 2 heterocycles. The summed E-state index contributed by atoms with van der Waals surface area (Å²) in [5.41, 5.74) is 9.66. The summed E-state index contributed by atoms with van der Waals surface area (Å²) in [4.78, 5) is 6.66. The number of rotatable bonds is 5. The zero-order valence-electron chi connectivity index (χ0n) is 25.0. The van der Waals surface area contributed by atoms with Crippen LogP contribution in [0.15, 0.2) is 175 Å². The molecule has 0 spiro atoms. The third-order valence-electron chi connectivity index (χ3n) is 8.94. The van der Waals surface area contributed by atoms with Gasteiger partial charge in [0.1, 0.15) is 11.2 Å². The SMILES string of the molecule is c1ccc(-c2ccc(N(c3ccc(-c4ccc5ccccc5c4)cc3)c3ccc4c(c3)oc3c5cnccc5ccc43)cc2)cc1. The van der Waals surface area contributed by atoms with Crippen LogP contribution in [0.1, 0.15) is 0 Å². The minimum absolute atomic E-state index is 0.850. The van der Waals surface area contributed by atoms with Crippen LogP contribution in [-0.4, -0.2) is 4.98 Å². The fourth-order valence-electron chi connectivity index (χ4n) is 6.58. The smallest absolute Gasteiger partial charge is 0.144 e. The fraction of sp³-hybridized carbons (Fsp3) is 0. The number of furan rings is 1. The quantitative estimate of drug-likeness (QED) is 0.200. The monoisotopic (exact) mass is 588 g/mol. The van der Waals surface area contributed by atoms with E-state index in [1.807, 2.05) is 18.5 Å². The Labute approximate surface area is 266 Å². The molecule has 0 unspecified atom stereocenters. The van der Waals surface area contributed by atoms with Gasteiger partial charge in [0.15, 0.2) is 0 Å². The fourth-order valence-corrected chi connectivity index (χ4v) is 6.58. The lowest BCUT2D eigenvalue weighted by molar-refractivity contribution is 0.672. The van der Waals surface area contributed by atoms with Crippen molar-refractivity contribution in [3.05, 3.63) is 170 Å². The average molecular weight is 589 g/mol. The van der Waals surface area contributed by atoms with Gasteiger partial charge in [-0.15, -0.1) is 0 Å². The Morgan fingerprint density at radius 2 is 1.02 bits per heavy atom. The Balaban J connectivity index is 1.16. The Kier molecular flexibility index (Phi) is 6.14. The van der Waals surface area contributed by atoms with Gasteiger partial charge < -0.3 is 9.32 Å². The molecule has 7 aromatic carbocycles. The zero-order chi connectivity index (χ0) is 30.5. The minimum atomic E-state index is 0.850. The van der Waals surface area contributed by atoms with Crippen molar-refractivity contribution in [2.45, 2.75) is 0 Å². The Morgan fingerprint density at radius 3 is 1.80 bits per heavy atom. The lowest BCUT2D eigenvalue weighted by Crippen LogP contribution is -2.09. The number of nitrogens with zero attached hydrogens (tertiary/aromatic N) is 2. The largest absolute Gasteiger partial charge is 0.455 e. The first-order chi connectivity index (χ1) is 22.8. The molecule has 3 nitrogen and oxygen atoms in total. The summed E-state index contributed by atoms with van der Waals surface area (Å²) in [6.45, 7) is 0. The number of aromatic nitrogens is 1. The molecule has 0 atom stereocenters. The van der Waals surface area contributed by atoms with E-state index in [0.717, 1.165) is 49.8 Å². The van der Waals surface area contributed by atoms with Gasteiger partial charge in [0.2, 0.25) is 0 Å². The molecule has 9 rings (SSSR count). The van der Waals surface area contributed by atoms with Crippen LogP contribution in [0.3, 0.4) is 0 Å². The molecule has 0 saturated carbocycles. The van der Waals surface area contributed by atoms with Crippen molar-refractivity contribution in [3.63, 3.8) is 0 Å². The van der Waals surface area contributed by atoms with E-state index in [4.69, 9.17) is 4.42 Å². The highest BCUT2D eigenvalue weighted by Gasteiger charge is 2.17. The van der Waals surface area contributed by atoms with Gasteiger partial charge in [0.25, 0.3) is 0 Å². The Hall–Kier alpha value is -6.19. The summed E-state index contributed by atoms with van der Waals surface area (Å²) in [5, 5.41) is 6.82. The van der Waals surface area contributed by atoms with Gasteiger partial charge >= 0.3 is 0 Å². The van der Waals surface area contributed by atoms with Gasteiger partial charge in [0, 0.05) is 51.7 Å². The van der Waals surface area contributed by atoms with Crippen LogP contribution in [-0.2, 0) is 0 Å². The van der Waals surface area contributed by atoms with E-state index in [2.05, 4.69) is 162 Å². The standard InChI is InChI=1S/C43H28N2O/c1-2-6-29(7-3-1)31-12-17-36(18-13-31)45(37-19-14-32(15-20-37)35-11-10-30-8-4-5-9-34(30)26-35)38-21-23-39-40-22-16-33-24-25-44-28-41(33)43(40)46-42(39)27-38/h1-28H. The molecular formula is C43H28N2O. The minimum Gasteiger partial charge on any atom is -0.455 e. The Bertz CT molecular complexity index is 2510. The predicted octanol–water partition coefficient (Wildman–Crippen LogP) is 12.1. The van der Waals surface area contributed by atoms with Crippen LogP contribution < -0.4 is 4.90 Å². The molecule has 0 saturated heterocycles. The van der Waals surface area contributed by atoms with E-state index in [9.17, 15) is 0 Å². The molecule has 0 aliphatic carbocycles. The molecule has 0 N–H and O–H groups in total. The molecule has 0 fully saturated rings. The van der Waals surface area contributed by atoms with Crippen molar-refractivity contribution >= 4 is 60.5 Å². The van der Waals surface area contributed by atoms with Crippen molar-refractivity contribution < 1.29 is 4.42 Å². The van der Waals surface area contributed by atoms with Crippen LogP contribution in [0.5, 0.6) is 0 Å². The highest BCUT2D eigenvalue weighted by molar-refractivity contribution is 6.15. The lowest BCUT2D eigenvalue weighted by atomic mass is 10.0. The average Bonchev–Trinajstić information content (AvgIpc) is 3.51. The highest BCUT2D eigenvalue weighted by Crippen LogP contribution is 2.41. The molecule has 0 aliphatic rings. The molecule has 46 heavy (non-hydrogen) atoms. The maximum Gasteiger partial charge on any atom is 0.144 e. The summed E-state index contributed by atoms with van der Waals surface area (Å²) >= 11 is 0. The normalized spacial score (nSPS) is 11.5. The summed E-state index contributed by atoms with van der Waals surface area (Å²) < 4.78 is 6.55. The van der Waals surface area contributed by atoms with Crippen molar-refractivity contribution in [3.8, 4) is 22.3 Å². The second-order valence-electron chi connectivity index (χ2n) is 11.7. The van der Waals surface area contributed by atoms with Crippen molar-refractivity contribution in [1.29, 1.82) is 0 Å². The van der Waals surface area contributed by atoms with Crippen molar-refractivity contribution in [2.24, 2.45) is 0 Å². The summed E-state index contributed by atoms with van der Waals surface area (Å²) in [6.07, 6.45) is 3.71. The van der Waals surface area contributed by atoms with Gasteiger partial charge in [0.05, 0.1) is 0 Å². The number of pyridine rings is 1. The number of hydrogen-bond acceptors (Lipinski definition) is 3. The van der Waals surface area contributed by atoms with Crippen LogP contribution in [0.4, 0.5) is 17.1 Å². The predicted molar refractivity (Wildman–Crippen MR) is 192 cm³/mol. The van der Waals surface area contributed by atoms with Crippen LogP contribution in [0.2, 0.25) is 0 Å². The number of anilines is 3. The summed E-state index contributed by atoms with van der Waals surface area (Å²) in [5.74, 6) is 0. The molecule has 0 radical (unpaired) electrons. The van der Waals surface area contributed by atoms with Crippen LogP contribution in [0, 0.1) is 0 Å². The maximum absolute atomic E-state index is 6.55. The van der Waals surface area contributed by atoms with E-state index in [1.54, 1.807) is 0 Å². The molecule has 0 bridgehead atoms. The van der Waals surface area contributed by atoms with E-state index < -0.39 is 0 Å². The molecule has 9 aromatic rings. The first kappa shape index (κ1) is 26.2. The van der Waals surface area contributed by atoms with Gasteiger partial charge in [-0.3, -0.25) is 4.98 Å². The number of hydrogen-bond donors (Lipinski definition) is 0. The molecular weight excluding hydrogens is 560 g/mol. The summed E-state index contributed by atoms with van der Waals surface area (Å²) in [6, 6.07) is 56.1. The van der Waals surface area contributed by atoms with Gasteiger partial charge in [-0.05, 0) is 93.0 Å². The molecule has 216 valence electrons. The third-order valence-corrected chi connectivity index (χ3v) is 8.94. The van der Waals surface area contributed by atoms with Crippen molar-refractivity contribution in [1.82, 2.24) is 4.98 Å². The van der Waals surface area contributed by atoms with Gasteiger partial charge in [-0.1, -0.05) is 97.1 Å². The molecule has 0 amide bonds. The molecule has 0 aliphatic heterocycles. The number of fused-ring (bicyclic) bond motifs is 6. The van der Waals surface area contributed by atoms with Gasteiger partial charge in [-0.25, -0.2) is 0 Å². The zero-order valence-corrected chi connectivity index (χ0v) is 25.0. The van der Waals surface area contributed by atoms with Crippen molar-refractivity contribution in [2.75, 3.05) is 4.90 Å². The molecule has 3 heteroatoms. The second-order valence-corrected chi connectivity index (χ2v) is 11.7.